The minimum absolute atomic E-state index is 0.0659. The first-order valence-corrected chi connectivity index (χ1v) is 8.43. The Hall–Kier alpha value is -2.27. The summed E-state index contributed by atoms with van der Waals surface area (Å²) in [6, 6.07) is 7.91. The van der Waals surface area contributed by atoms with E-state index in [1.54, 1.807) is 23.0 Å². The van der Waals surface area contributed by atoms with Crippen LogP contribution in [-0.2, 0) is 11.8 Å². The van der Waals surface area contributed by atoms with E-state index in [0.717, 1.165) is 30.1 Å². The van der Waals surface area contributed by atoms with Crippen molar-refractivity contribution in [3.05, 3.63) is 53.3 Å². The van der Waals surface area contributed by atoms with Gasteiger partial charge in [0.15, 0.2) is 0 Å². The minimum Gasteiger partial charge on any atom is -0.371 e. The molecule has 1 aliphatic heterocycles. The minimum atomic E-state index is -0.0659. The zero-order valence-electron chi connectivity index (χ0n) is 13.7. The van der Waals surface area contributed by atoms with Crippen LogP contribution in [0.15, 0.2) is 42.7 Å². The molecule has 1 aliphatic rings. The molecule has 1 N–H and O–H groups in total. The van der Waals surface area contributed by atoms with Gasteiger partial charge in [-0.05, 0) is 42.7 Å². The Labute approximate surface area is 146 Å². The highest BCUT2D eigenvalue weighted by atomic mass is 35.5. The molecule has 126 valence electrons. The van der Waals surface area contributed by atoms with E-state index in [1.807, 2.05) is 37.5 Å². The number of hydrogen-bond acceptors (Lipinski definition) is 3. The van der Waals surface area contributed by atoms with Gasteiger partial charge in [-0.15, -0.1) is 0 Å². The van der Waals surface area contributed by atoms with Crippen LogP contribution in [0.2, 0.25) is 5.02 Å². The molecule has 6 heteroatoms. The molecule has 0 bridgehead atoms. The SMILES string of the molecule is Cn1cc(/C=C\C(=O)NC[C@@H]2CCN(c3ccc(Cl)cc3)C2)cn1. The lowest BCUT2D eigenvalue weighted by Gasteiger charge is -2.18. The Morgan fingerprint density at radius 1 is 1.42 bits per heavy atom. The van der Waals surface area contributed by atoms with E-state index in [9.17, 15) is 4.79 Å². The van der Waals surface area contributed by atoms with Gasteiger partial charge in [0.2, 0.25) is 5.91 Å². The second-order valence-corrected chi connectivity index (χ2v) is 6.54. The number of amides is 1. The van der Waals surface area contributed by atoms with Gasteiger partial charge < -0.3 is 10.2 Å². The average Bonchev–Trinajstić information content (AvgIpc) is 3.21. The summed E-state index contributed by atoms with van der Waals surface area (Å²) in [4.78, 5) is 14.2. The number of nitrogens with zero attached hydrogens (tertiary/aromatic N) is 3. The van der Waals surface area contributed by atoms with Crippen molar-refractivity contribution in [1.82, 2.24) is 15.1 Å². The normalized spacial score (nSPS) is 17.6. The van der Waals surface area contributed by atoms with Gasteiger partial charge in [0.05, 0.1) is 6.20 Å². The molecular weight excluding hydrogens is 324 g/mol. The highest BCUT2D eigenvalue weighted by Gasteiger charge is 2.22. The van der Waals surface area contributed by atoms with Crippen molar-refractivity contribution in [2.75, 3.05) is 24.5 Å². The van der Waals surface area contributed by atoms with Crippen molar-refractivity contribution in [2.24, 2.45) is 13.0 Å². The predicted molar refractivity (Wildman–Crippen MR) is 97.0 cm³/mol. The second kappa shape index (κ2) is 7.53. The van der Waals surface area contributed by atoms with Gasteiger partial charge in [-0.1, -0.05) is 11.6 Å². The third-order valence-corrected chi connectivity index (χ3v) is 4.45. The third-order valence-electron chi connectivity index (χ3n) is 4.19. The monoisotopic (exact) mass is 344 g/mol. The number of halogens is 1. The van der Waals surface area contributed by atoms with Crippen LogP contribution in [0.5, 0.6) is 0 Å². The molecule has 2 heterocycles. The first-order valence-electron chi connectivity index (χ1n) is 8.05. The van der Waals surface area contributed by atoms with E-state index in [0.29, 0.717) is 12.5 Å². The van der Waals surface area contributed by atoms with E-state index in [1.165, 1.54) is 5.69 Å². The maximum Gasteiger partial charge on any atom is 0.244 e. The number of nitrogens with one attached hydrogen (secondary N) is 1. The van der Waals surface area contributed by atoms with Crippen LogP contribution >= 0.6 is 11.6 Å². The van der Waals surface area contributed by atoms with Crippen molar-refractivity contribution in [1.29, 1.82) is 0 Å². The van der Waals surface area contributed by atoms with Crippen molar-refractivity contribution >= 4 is 29.3 Å². The molecule has 3 rings (SSSR count). The second-order valence-electron chi connectivity index (χ2n) is 6.10. The lowest BCUT2D eigenvalue weighted by atomic mass is 10.1. The van der Waals surface area contributed by atoms with E-state index in [4.69, 9.17) is 11.6 Å². The van der Waals surface area contributed by atoms with Gasteiger partial charge in [0.1, 0.15) is 0 Å². The topological polar surface area (TPSA) is 50.2 Å². The Bertz CT molecular complexity index is 723. The molecule has 2 aromatic rings. The summed E-state index contributed by atoms with van der Waals surface area (Å²) in [6.45, 7) is 2.65. The molecule has 0 saturated carbocycles. The Morgan fingerprint density at radius 2 is 2.21 bits per heavy atom. The van der Waals surface area contributed by atoms with Crippen LogP contribution in [0.4, 0.5) is 5.69 Å². The summed E-state index contributed by atoms with van der Waals surface area (Å²) in [5, 5.41) is 7.80. The largest absolute Gasteiger partial charge is 0.371 e. The number of rotatable bonds is 5. The van der Waals surface area contributed by atoms with Crippen molar-refractivity contribution in [3.8, 4) is 0 Å². The average molecular weight is 345 g/mol. The molecule has 1 amide bonds. The first-order chi connectivity index (χ1) is 11.6. The molecule has 24 heavy (non-hydrogen) atoms. The number of aromatic nitrogens is 2. The van der Waals surface area contributed by atoms with E-state index >= 15 is 0 Å². The van der Waals surface area contributed by atoms with Crippen LogP contribution in [0.3, 0.4) is 0 Å². The van der Waals surface area contributed by atoms with Gasteiger partial charge in [-0.25, -0.2) is 0 Å². The number of aryl methyl sites for hydroxylation is 1. The number of benzene rings is 1. The Morgan fingerprint density at radius 3 is 2.92 bits per heavy atom. The highest BCUT2D eigenvalue weighted by Crippen LogP contribution is 2.24. The molecule has 0 radical (unpaired) electrons. The highest BCUT2D eigenvalue weighted by molar-refractivity contribution is 6.30. The molecule has 5 nitrogen and oxygen atoms in total. The van der Waals surface area contributed by atoms with Crippen molar-refractivity contribution < 1.29 is 4.79 Å². The standard InChI is InChI=1S/C18H21ClN4O/c1-22-12-14(11-21-22)2-7-18(24)20-10-15-8-9-23(13-15)17-5-3-16(19)4-6-17/h2-7,11-12,15H,8-10,13H2,1H3,(H,20,24)/b7-2-/t15-/m0/s1. The Balaban J connectivity index is 1.45. The van der Waals surface area contributed by atoms with Crippen LogP contribution in [0.25, 0.3) is 6.08 Å². The van der Waals surface area contributed by atoms with Crippen molar-refractivity contribution in [3.63, 3.8) is 0 Å². The number of hydrogen-bond donors (Lipinski definition) is 1. The maximum atomic E-state index is 11.9. The summed E-state index contributed by atoms with van der Waals surface area (Å²) in [7, 11) is 1.85. The van der Waals surface area contributed by atoms with Gasteiger partial charge in [0.25, 0.3) is 0 Å². The molecule has 1 aromatic carbocycles. The predicted octanol–water partition coefficient (Wildman–Crippen LogP) is 2.73. The fourth-order valence-corrected chi connectivity index (χ4v) is 3.01. The molecule has 1 aromatic heterocycles. The smallest absolute Gasteiger partial charge is 0.244 e. The summed E-state index contributed by atoms with van der Waals surface area (Å²) >= 11 is 5.93. The van der Waals surface area contributed by atoms with Crippen LogP contribution < -0.4 is 10.2 Å². The molecule has 0 spiro atoms. The summed E-state index contributed by atoms with van der Waals surface area (Å²) in [6.07, 6.45) is 8.00. The molecule has 0 aliphatic carbocycles. The van der Waals surface area contributed by atoms with Gasteiger partial charge in [-0.2, -0.15) is 5.10 Å². The summed E-state index contributed by atoms with van der Waals surface area (Å²) in [5.41, 5.74) is 2.10. The molecule has 0 unspecified atom stereocenters. The lowest BCUT2D eigenvalue weighted by molar-refractivity contribution is -0.116. The molecule has 1 fully saturated rings. The summed E-state index contributed by atoms with van der Waals surface area (Å²) in [5.74, 6) is 0.403. The molecule has 1 atom stereocenters. The van der Waals surface area contributed by atoms with Crippen LogP contribution in [-0.4, -0.2) is 35.3 Å². The van der Waals surface area contributed by atoms with Crippen molar-refractivity contribution in [2.45, 2.75) is 6.42 Å². The van der Waals surface area contributed by atoms with Gasteiger partial charge >= 0.3 is 0 Å². The maximum absolute atomic E-state index is 11.9. The number of carbonyl (C=O) groups excluding carboxylic acids is 1. The number of anilines is 1. The van der Waals surface area contributed by atoms with E-state index < -0.39 is 0 Å². The summed E-state index contributed by atoms with van der Waals surface area (Å²) < 4.78 is 1.71. The van der Waals surface area contributed by atoms with Gasteiger partial charge in [0, 0.05) is 55.2 Å². The van der Waals surface area contributed by atoms with E-state index in [2.05, 4.69) is 15.3 Å². The fraction of sp³-hybridized carbons (Fsp3) is 0.333. The lowest BCUT2D eigenvalue weighted by Crippen LogP contribution is -2.29. The zero-order chi connectivity index (χ0) is 16.9. The zero-order valence-corrected chi connectivity index (χ0v) is 14.4. The number of carbonyl (C=O) groups is 1. The Kier molecular flexibility index (Phi) is 5.20. The quantitative estimate of drug-likeness (QED) is 0.848. The fourth-order valence-electron chi connectivity index (χ4n) is 2.89. The molecule has 1 saturated heterocycles. The van der Waals surface area contributed by atoms with Gasteiger partial charge in [-0.3, -0.25) is 9.48 Å². The first kappa shape index (κ1) is 16.6. The third kappa shape index (κ3) is 4.38. The molecular formula is C18H21ClN4O. The van der Waals surface area contributed by atoms with Crippen LogP contribution in [0, 0.1) is 5.92 Å². The van der Waals surface area contributed by atoms with E-state index in [-0.39, 0.29) is 5.91 Å². The van der Waals surface area contributed by atoms with Crippen LogP contribution in [0.1, 0.15) is 12.0 Å².